The Kier molecular flexibility index (Phi) is 10.1. The van der Waals surface area contributed by atoms with Gasteiger partial charge in [0.1, 0.15) is 12.4 Å². The van der Waals surface area contributed by atoms with E-state index in [1.54, 1.807) is 45.4 Å². The number of methoxy groups -OCH3 is 3. The summed E-state index contributed by atoms with van der Waals surface area (Å²) in [6.45, 7) is 10.9. The van der Waals surface area contributed by atoms with Gasteiger partial charge in [-0.3, -0.25) is 14.7 Å². The predicted molar refractivity (Wildman–Crippen MR) is 180 cm³/mol. The third-order valence-corrected chi connectivity index (χ3v) is 9.94. The first-order chi connectivity index (χ1) is 21.6. The summed E-state index contributed by atoms with van der Waals surface area (Å²) in [5.41, 5.74) is 5.50. The molecule has 4 heterocycles. The molecule has 11 heteroatoms. The lowest BCUT2D eigenvalue weighted by Gasteiger charge is -2.22. The smallest absolute Gasteiger partial charge is 0.274 e. The van der Waals surface area contributed by atoms with Gasteiger partial charge in [0.05, 0.1) is 49.4 Å². The average Bonchev–Trinajstić information content (AvgIpc) is 3.68. The molecular weight excluding hydrogens is 586 g/mol. The number of carbonyl (C=O) groups is 1. The minimum Gasteiger partial charge on any atom is -0.493 e. The van der Waals surface area contributed by atoms with E-state index in [0.29, 0.717) is 35.2 Å². The van der Waals surface area contributed by atoms with E-state index in [2.05, 4.69) is 35.6 Å². The highest BCUT2D eigenvalue weighted by Gasteiger charge is 2.24. The van der Waals surface area contributed by atoms with E-state index in [1.165, 1.54) is 12.8 Å². The Hall–Kier alpha value is -3.93. The Bertz CT molecular complexity index is 1620. The zero-order chi connectivity index (χ0) is 32.1. The summed E-state index contributed by atoms with van der Waals surface area (Å²) in [5.74, 6) is 1.18. The van der Waals surface area contributed by atoms with Gasteiger partial charge in [0.25, 0.3) is 5.91 Å². The number of ether oxygens (including phenoxy) is 4. The van der Waals surface area contributed by atoms with Gasteiger partial charge in [-0.15, -0.1) is 0 Å². The van der Waals surface area contributed by atoms with Gasteiger partial charge in [0.2, 0.25) is 5.75 Å². The molecule has 1 amide bonds. The van der Waals surface area contributed by atoms with Crippen LogP contribution in [-0.4, -0.2) is 81.5 Å². The highest BCUT2D eigenvalue weighted by Crippen LogP contribution is 2.41. The zero-order valence-electron chi connectivity index (χ0n) is 27.6. The van der Waals surface area contributed by atoms with E-state index in [9.17, 15) is 4.79 Å². The molecule has 0 aliphatic carbocycles. The van der Waals surface area contributed by atoms with Crippen LogP contribution in [0.5, 0.6) is 17.2 Å². The summed E-state index contributed by atoms with van der Waals surface area (Å²) in [5, 5.41) is 0. The number of pyridine rings is 2. The molecule has 0 N–H and O–H groups in total. The van der Waals surface area contributed by atoms with Gasteiger partial charge in [-0.25, -0.2) is 4.98 Å². The molecule has 0 atom stereocenters. The summed E-state index contributed by atoms with van der Waals surface area (Å²) in [6.07, 6.45) is 4.34. The molecule has 240 valence electrons. The number of likely N-dealkylation sites (tertiary alicyclic amines) is 1. The molecule has 45 heavy (non-hydrogen) atoms. The number of hydrogen-bond donors (Lipinski definition) is 0. The second-order valence-corrected chi connectivity index (χ2v) is 18.3. The predicted octanol–water partition coefficient (Wildman–Crippen LogP) is 6.31. The molecule has 1 saturated heterocycles. The monoisotopic (exact) mass is 631 g/mol. The number of anilines is 1. The fraction of sp³-hybridized carbons (Fsp3) is 0.441. The van der Waals surface area contributed by atoms with Crippen LogP contribution in [0.25, 0.3) is 22.3 Å². The van der Waals surface area contributed by atoms with Crippen LogP contribution in [-0.2, 0) is 18.0 Å². The number of rotatable bonds is 13. The number of nitrogens with zero attached hydrogens (tertiary/aromatic N) is 5. The second kappa shape index (κ2) is 14.0. The molecule has 10 nitrogen and oxygen atoms in total. The van der Waals surface area contributed by atoms with Gasteiger partial charge < -0.3 is 28.4 Å². The van der Waals surface area contributed by atoms with Crippen molar-refractivity contribution in [3.8, 4) is 28.5 Å². The number of hydrogen-bond acceptors (Lipinski definition) is 8. The SMILES string of the molecule is COc1cc(N(C)C(=O)c2cc3nc(-c4ccnc(CN5CCCC5)c4)ccc3n2COCC[Si](C)(C)C)cc(OC)c1OC. The lowest BCUT2D eigenvalue weighted by Crippen LogP contribution is -2.29. The lowest BCUT2D eigenvalue weighted by molar-refractivity contribution is 0.0828. The summed E-state index contributed by atoms with van der Waals surface area (Å²) >= 11 is 0. The number of fused-ring (bicyclic) bond motifs is 1. The number of amides is 1. The van der Waals surface area contributed by atoms with E-state index in [0.717, 1.165) is 53.7 Å². The topological polar surface area (TPSA) is 91.2 Å². The van der Waals surface area contributed by atoms with E-state index >= 15 is 0 Å². The fourth-order valence-electron chi connectivity index (χ4n) is 5.59. The van der Waals surface area contributed by atoms with Crippen LogP contribution < -0.4 is 19.1 Å². The summed E-state index contributed by atoms with van der Waals surface area (Å²) in [4.78, 5) is 27.8. The Balaban J connectivity index is 1.49. The molecule has 4 aromatic rings. The minimum atomic E-state index is -1.28. The van der Waals surface area contributed by atoms with Gasteiger partial charge in [-0.2, -0.15) is 0 Å². The van der Waals surface area contributed by atoms with Crippen LogP contribution in [0.1, 0.15) is 29.0 Å². The lowest BCUT2D eigenvalue weighted by atomic mass is 10.1. The van der Waals surface area contributed by atoms with Crippen molar-refractivity contribution in [3.05, 3.63) is 60.0 Å². The fourth-order valence-corrected chi connectivity index (χ4v) is 6.35. The Morgan fingerprint density at radius 1 is 0.956 bits per heavy atom. The van der Waals surface area contributed by atoms with Gasteiger partial charge in [-0.1, -0.05) is 19.6 Å². The first-order valence-electron chi connectivity index (χ1n) is 15.5. The van der Waals surface area contributed by atoms with Crippen molar-refractivity contribution in [2.24, 2.45) is 0 Å². The number of aromatic nitrogens is 3. The number of benzene rings is 1. The van der Waals surface area contributed by atoms with Crippen molar-refractivity contribution >= 4 is 30.7 Å². The van der Waals surface area contributed by atoms with Crippen LogP contribution in [0.2, 0.25) is 25.7 Å². The van der Waals surface area contributed by atoms with Crippen molar-refractivity contribution in [2.45, 2.75) is 51.8 Å². The Morgan fingerprint density at radius 2 is 1.67 bits per heavy atom. The maximum absolute atomic E-state index is 14.1. The molecule has 3 aromatic heterocycles. The molecule has 0 saturated carbocycles. The molecule has 1 aromatic carbocycles. The molecule has 1 aliphatic rings. The first kappa shape index (κ1) is 32.5. The van der Waals surface area contributed by atoms with Gasteiger partial charge in [0.15, 0.2) is 11.5 Å². The normalized spacial score (nSPS) is 13.8. The minimum absolute atomic E-state index is 0.213. The summed E-state index contributed by atoms with van der Waals surface area (Å²) < 4.78 is 24.6. The van der Waals surface area contributed by atoms with Crippen LogP contribution >= 0.6 is 0 Å². The van der Waals surface area contributed by atoms with Gasteiger partial charge in [0, 0.05) is 52.2 Å². The van der Waals surface area contributed by atoms with Gasteiger partial charge in [-0.05, 0) is 62.3 Å². The number of carbonyl (C=O) groups excluding carboxylic acids is 1. The van der Waals surface area contributed by atoms with Crippen LogP contribution in [0, 0.1) is 0 Å². The first-order valence-corrected chi connectivity index (χ1v) is 19.2. The van der Waals surface area contributed by atoms with Crippen molar-refractivity contribution in [1.29, 1.82) is 0 Å². The van der Waals surface area contributed by atoms with Crippen molar-refractivity contribution in [1.82, 2.24) is 19.4 Å². The molecule has 0 spiro atoms. The summed E-state index contributed by atoms with van der Waals surface area (Å²) in [7, 11) is 5.11. The van der Waals surface area contributed by atoms with Crippen molar-refractivity contribution < 1.29 is 23.7 Å². The molecule has 0 unspecified atom stereocenters. The molecule has 0 bridgehead atoms. The highest BCUT2D eigenvalue weighted by atomic mass is 28.3. The summed E-state index contributed by atoms with van der Waals surface area (Å²) in [6, 6.07) is 14.5. The highest BCUT2D eigenvalue weighted by molar-refractivity contribution is 6.76. The average molecular weight is 632 g/mol. The van der Waals surface area contributed by atoms with E-state index in [4.69, 9.17) is 23.9 Å². The third-order valence-electron chi connectivity index (χ3n) is 8.23. The molecular formula is C34H45N5O5Si. The quantitative estimate of drug-likeness (QED) is 0.125. The molecule has 1 aliphatic heterocycles. The Labute approximate surface area is 266 Å². The standard InChI is InChI=1S/C34H45N5O5Si/c1-37(26-19-31(41-2)33(43-4)32(20-26)42-3)34(40)30-21-28-29(39(30)23-44-16-17-45(5,6)7)11-10-27(36-28)24-12-13-35-25(18-24)22-38-14-8-9-15-38/h10-13,18-21H,8-9,14-17,22-23H2,1-7H3. The van der Waals surface area contributed by atoms with Gasteiger partial charge >= 0.3 is 0 Å². The van der Waals surface area contributed by atoms with Crippen LogP contribution in [0.4, 0.5) is 5.69 Å². The maximum Gasteiger partial charge on any atom is 0.274 e. The van der Waals surface area contributed by atoms with Crippen molar-refractivity contribution in [2.75, 3.05) is 53.0 Å². The van der Waals surface area contributed by atoms with Crippen LogP contribution in [0.15, 0.2) is 48.7 Å². The van der Waals surface area contributed by atoms with E-state index in [1.807, 2.05) is 35.0 Å². The van der Waals surface area contributed by atoms with Crippen molar-refractivity contribution in [3.63, 3.8) is 0 Å². The largest absolute Gasteiger partial charge is 0.493 e. The third kappa shape index (κ3) is 7.49. The Morgan fingerprint density at radius 3 is 2.31 bits per heavy atom. The molecule has 0 radical (unpaired) electrons. The van der Waals surface area contributed by atoms with E-state index < -0.39 is 8.07 Å². The second-order valence-electron chi connectivity index (χ2n) is 12.7. The zero-order valence-corrected chi connectivity index (χ0v) is 28.6. The molecule has 1 fully saturated rings. The maximum atomic E-state index is 14.1. The van der Waals surface area contributed by atoms with E-state index in [-0.39, 0.29) is 12.6 Å². The van der Waals surface area contributed by atoms with Crippen LogP contribution in [0.3, 0.4) is 0 Å². The molecule has 5 rings (SSSR count).